The predicted molar refractivity (Wildman–Crippen MR) is 95.6 cm³/mol. The minimum Gasteiger partial charge on any atom is -0.444 e. The Bertz CT molecular complexity index is 614. The van der Waals surface area contributed by atoms with Crippen LogP contribution in [0.2, 0.25) is 5.02 Å². The van der Waals surface area contributed by atoms with Crippen molar-refractivity contribution < 1.29 is 19.1 Å². The number of carbonyl (C=O) groups excluding carboxylic acids is 3. The fourth-order valence-corrected chi connectivity index (χ4v) is 2.02. The lowest BCUT2D eigenvalue weighted by Gasteiger charge is -2.19. The van der Waals surface area contributed by atoms with Gasteiger partial charge in [-0.25, -0.2) is 4.79 Å². The molecule has 0 fully saturated rings. The summed E-state index contributed by atoms with van der Waals surface area (Å²) in [5.74, 6) is -0.533. The fourth-order valence-electron chi connectivity index (χ4n) is 1.80. The molecule has 0 radical (unpaired) electrons. The van der Waals surface area contributed by atoms with Crippen molar-refractivity contribution in [1.29, 1.82) is 0 Å². The fraction of sp³-hybridized carbons (Fsp3) is 0.471. The summed E-state index contributed by atoms with van der Waals surface area (Å²) in [5, 5.41) is 8.19. The Morgan fingerprint density at radius 1 is 1.00 bits per heavy atom. The van der Waals surface area contributed by atoms with Gasteiger partial charge in [0.25, 0.3) is 5.91 Å². The first-order valence-electron chi connectivity index (χ1n) is 7.95. The van der Waals surface area contributed by atoms with Gasteiger partial charge >= 0.3 is 6.09 Å². The van der Waals surface area contributed by atoms with Gasteiger partial charge in [0.05, 0.1) is 10.6 Å². The molecule has 7 nitrogen and oxygen atoms in total. The Balaban J connectivity index is 2.16. The highest BCUT2D eigenvalue weighted by Gasteiger charge is 2.15. The van der Waals surface area contributed by atoms with Crippen molar-refractivity contribution in [3.8, 4) is 0 Å². The molecule has 8 heteroatoms. The quantitative estimate of drug-likeness (QED) is 0.641. The van der Waals surface area contributed by atoms with E-state index >= 15 is 0 Å². The number of hydrogen-bond donors (Lipinski definition) is 3. The Morgan fingerprint density at radius 2 is 1.64 bits per heavy atom. The van der Waals surface area contributed by atoms with Gasteiger partial charge in [-0.3, -0.25) is 9.59 Å². The number of alkyl carbamates (subject to hydrolysis) is 1. The van der Waals surface area contributed by atoms with Crippen LogP contribution in [0.1, 0.15) is 37.6 Å². The smallest absolute Gasteiger partial charge is 0.407 e. The van der Waals surface area contributed by atoms with Crippen molar-refractivity contribution in [3.63, 3.8) is 0 Å². The Kier molecular flexibility index (Phi) is 8.21. The third-order valence-electron chi connectivity index (χ3n) is 2.87. The van der Waals surface area contributed by atoms with Crippen LogP contribution in [-0.2, 0) is 9.53 Å². The van der Waals surface area contributed by atoms with Crippen molar-refractivity contribution in [2.45, 2.75) is 32.8 Å². The zero-order valence-corrected chi connectivity index (χ0v) is 15.4. The molecule has 0 spiro atoms. The number of hydrogen-bond acceptors (Lipinski definition) is 4. The summed E-state index contributed by atoms with van der Waals surface area (Å²) in [6.45, 7) is 6.01. The third-order valence-corrected chi connectivity index (χ3v) is 3.20. The minimum atomic E-state index is -0.577. The van der Waals surface area contributed by atoms with E-state index in [1.54, 1.807) is 45.0 Å². The van der Waals surface area contributed by atoms with E-state index in [0.29, 0.717) is 10.6 Å². The normalized spacial score (nSPS) is 10.7. The van der Waals surface area contributed by atoms with E-state index in [2.05, 4.69) is 16.0 Å². The molecular weight excluding hydrogens is 346 g/mol. The minimum absolute atomic E-state index is 0.123. The van der Waals surface area contributed by atoms with E-state index in [0.717, 1.165) is 0 Å². The highest BCUT2D eigenvalue weighted by atomic mass is 35.5. The molecule has 1 rings (SSSR count). The standard InChI is InChI=1S/C17H24ClN3O4/c1-17(2,3)25-16(24)21-9-8-14(22)19-10-11-20-15(23)12-6-4-5-7-13(12)18/h4-7H,8-11H2,1-3H3,(H,19,22)(H,20,23)(H,21,24). The molecule has 3 N–H and O–H groups in total. The van der Waals surface area contributed by atoms with Gasteiger partial charge in [-0.1, -0.05) is 23.7 Å². The van der Waals surface area contributed by atoms with Crippen LogP contribution in [0.15, 0.2) is 24.3 Å². The second-order valence-corrected chi connectivity index (χ2v) is 6.67. The van der Waals surface area contributed by atoms with E-state index in [4.69, 9.17) is 16.3 Å². The van der Waals surface area contributed by atoms with Gasteiger partial charge in [0.1, 0.15) is 5.60 Å². The first-order chi connectivity index (χ1) is 11.7. The molecule has 0 aromatic heterocycles. The number of rotatable bonds is 7. The second-order valence-electron chi connectivity index (χ2n) is 6.26. The summed E-state index contributed by atoms with van der Waals surface area (Å²) < 4.78 is 5.06. The predicted octanol–water partition coefficient (Wildman–Crippen LogP) is 2.10. The molecule has 0 aliphatic heterocycles. The van der Waals surface area contributed by atoms with Crippen LogP contribution in [0.3, 0.4) is 0 Å². The molecule has 0 unspecified atom stereocenters. The summed E-state index contributed by atoms with van der Waals surface area (Å²) in [6, 6.07) is 6.72. The largest absolute Gasteiger partial charge is 0.444 e. The maximum atomic E-state index is 11.9. The van der Waals surface area contributed by atoms with Gasteiger partial charge in [0.15, 0.2) is 0 Å². The zero-order valence-electron chi connectivity index (χ0n) is 14.6. The van der Waals surface area contributed by atoms with Crippen molar-refractivity contribution in [1.82, 2.24) is 16.0 Å². The number of amides is 3. The lowest BCUT2D eigenvalue weighted by molar-refractivity contribution is -0.120. The van der Waals surface area contributed by atoms with Crippen molar-refractivity contribution in [3.05, 3.63) is 34.9 Å². The van der Waals surface area contributed by atoms with E-state index in [1.807, 2.05) is 0 Å². The Hall–Kier alpha value is -2.28. The summed E-state index contributed by atoms with van der Waals surface area (Å²) in [5.41, 5.74) is -0.191. The van der Waals surface area contributed by atoms with Gasteiger partial charge in [-0.2, -0.15) is 0 Å². The number of benzene rings is 1. The lowest BCUT2D eigenvalue weighted by Crippen LogP contribution is -2.37. The molecule has 138 valence electrons. The third kappa shape index (κ3) is 8.95. The monoisotopic (exact) mass is 369 g/mol. The van der Waals surface area contributed by atoms with Crippen LogP contribution in [0, 0.1) is 0 Å². The summed E-state index contributed by atoms with van der Waals surface area (Å²) >= 11 is 5.93. The molecule has 0 saturated heterocycles. The van der Waals surface area contributed by atoms with Gasteiger partial charge in [-0.15, -0.1) is 0 Å². The summed E-state index contributed by atoms with van der Waals surface area (Å²) in [7, 11) is 0. The average Bonchev–Trinajstić information content (AvgIpc) is 2.50. The number of nitrogens with one attached hydrogen (secondary N) is 3. The molecule has 0 saturated carbocycles. The molecular formula is C17H24ClN3O4. The Labute approximate surface area is 152 Å². The van der Waals surface area contributed by atoms with E-state index in [-0.39, 0.29) is 37.9 Å². The number of ether oxygens (including phenoxy) is 1. The highest BCUT2D eigenvalue weighted by Crippen LogP contribution is 2.14. The molecule has 0 aliphatic carbocycles. The molecule has 0 aliphatic rings. The molecule has 1 aromatic rings. The van der Waals surface area contributed by atoms with Crippen molar-refractivity contribution in [2.24, 2.45) is 0 Å². The highest BCUT2D eigenvalue weighted by molar-refractivity contribution is 6.33. The SMILES string of the molecule is CC(C)(C)OC(=O)NCCC(=O)NCCNC(=O)c1ccccc1Cl. The second kappa shape index (κ2) is 9.88. The molecule has 1 aromatic carbocycles. The Morgan fingerprint density at radius 3 is 2.28 bits per heavy atom. The van der Waals surface area contributed by atoms with Gasteiger partial charge in [0.2, 0.25) is 5.91 Å². The van der Waals surface area contributed by atoms with Crippen molar-refractivity contribution >= 4 is 29.5 Å². The zero-order chi connectivity index (χ0) is 18.9. The molecule has 3 amide bonds. The maximum Gasteiger partial charge on any atom is 0.407 e. The molecule has 0 atom stereocenters. The first kappa shape index (κ1) is 20.8. The van der Waals surface area contributed by atoms with Crippen LogP contribution in [-0.4, -0.2) is 43.1 Å². The average molecular weight is 370 g/mol. The topological polar surface area (TPSA) is 96.5 Å². The lowest BCUT2D eigenvalue weighted by atomic mass is 10.2. The molecule has 0 bridgehead atoms. The van der Waals surface area contributed by atoms with Gasteiger partial charge in [-0.05, 0) is 32.9 Å². The number of carbonyl (C=O) groups is 3. The van der Waals surface area contributed by atoms with Crippen LogP contribution < -0.4 is 16.0 Å². The molecule has 25 heavy (non-hydrogen) atoms. The van der Waals surface area contributed by atoms with Crippen LogP contribution in [0.4, 0.5) is 4.79 Å². The van der Waals surface area contributed by atoms with Crippen molar-refractivity contribution in [2.75, 3.05) is 19.6 Å². The van der Waals surface area contributed by atoms with Crippen LogP contribution in [0.5, 0.6) is 0 Å². The number of halogens is 1. The summed E-state index contributed by atoms with van der Waals surface area (Å²) in [4.78, 5) is 35.0. The molecule has 0 heterocycles. The van der Waals surface area contributed by atoms with Crippen LogP contribution in [0.25, 0.3) is 0 Å². The maximum absolute atomic E-state index is 11.9. The first-order valence-corrected chi connectivity index (χ1v) is 8.33. The van der Waals surface area contributed by atoms with Gasteiger partial charge in [0, 0.05) is 26.1 Å². The summed E-state index contributed by atoms with van der Waals surface area (Å²) in [6.07, 6.45) is -0.440. The van der Waals surface area contributed by atoms with E-state index in [1.165, 1.54) is 0 Å². The van der Waals surface area contributed by atoms with E-state index < -0.39 is 11.7 Å². The van der Waals surface area contributed by atoms with E-state index in [9.17, 15) is 14.4 Å². The van der Waals surface area contributed by atoms with Crippen LogP contribution >= 0.6 is 11.6 Å². The van der Waals surface area contributed by atoms with Gasteiger partial charge < -0.3 is 20.7 Å².